The standard InChI is InChI=1S/C33H40O3/c1-7-24-17-26-22(5)16-29(32(36)30(34)20(2)3)28(26)18-27(24)31(35)25-12-14-33(6,15-13-25)19-23-10-8-21(4)9-11-23/h8-11,16-18,20,22,25H,7,12-15,19H2,1-6H3. The van der Waals surface area contributed by atoms with Crippen molar-refractivity contribution in [2.24, 2.45) is 17.3 Å². The summed E-state index contributed by atoms with van der Waals surface area (Å²) in [7, 11) is 0. The van der Waals surface area contributed by atoms with Gasteiger partial charge in [-0.15, -0.1) is 0 Å². The fraction of sp³-hybridized carbons (Fsp3) is 0.485. The highest BCUT2D eigenvalue weighted by Gasteiger charge is 2.36. The minimum atomic E-state index is -0.428. The van der Waals surface area contributed by atoms with Crippen LogP contribution in [0.2, 0.25) is 0 Å². The summed E-state index contributed by atoms with van der Waals surface area (Å²) in [6.45, 7) is 12.1. The number of carbonyl (C=O) groups excluding carboxylic acids is 3. The topological polar surface area (TPSA) is 51.2 Å². The molecule has 2 aliphatic carbocycles. The number of aryl methyl sites for hydroxylation is 2. The Balaban J connectivity index is 1.55. The Morgan fingerprint density at radius 2 is 1.67 bits per heavy atom. The summed E-state index contributed by atoms with van der Waals surface area (Å²) in [4.78, 5) is 39.3. The van der Waals surface area contributed by atoms with Crippen LogP contribution in [0.1, 0.15) is 104 Å². The molecule has 0 aromatic heterocycles. The first-order chi connectivity index (χ1) is 17.0. The number of ketones is 3. The van der Waals surface area contributed by atoms with Crippen molar-refractivity contribution in [1.29, 1.82) is 0 Å². The lowest BCUT2D eigenvalue weighted by Gasteiger charge is -2.37. The van der Waals surface area contributed by atoms with Crippen LogP contribution in [0.25, 0.3) is 5.57 Å². The van der Waals surface area contributed by atoms with Crippen molar-refractivity contribution in [3.8, 4) is 0 Å². The quantitative estimate of drug-likeness (QED) is 0.288. The molecule has 2 aromatic carbocycles. The third kappa shape index (κ3) is 5.16. The van der Waals surface area contributed by atoms with Crippen LogP contribution >= 0.6 is 0 Å². The average molecular weight is 485 g/mol. The molecule has 4 rings (SSSR count). The Hall–Kier alpha value is -2.81. The Bertz CT molecular complexity index is 1200. The van der Waals surface area contributed by atoms with Gasteiger partial charge in [-0.1, -0.05) is 76.6 Å². The summed E-state index contributed by atoms with van der Waals surface area (Å²) >= 11 is 0. The van der Waals surface area contributed by atoms with E-state index < -0.39 is 5.78 Å². The molecule has 1 atom stereocenters. The molecule has 0 amide bonds. The van der Waals surface area contributed by atoms with Crippen LogP contribution in [-0.4, -0.2) is 17.3 Å². The van der Waals surface area contributed by atoms with Crippen molar-refractivity contribution in [3.05, 3.63) is 75.9 Å². The molecular formula is C33H40O3. The zero-order valence-corrected chi connectivity index (χ0v) is 22.7. The maximum absolute atomic E-state index is 13.8. The number of allylic oxidation sites excluding steroid dienone is 2. The molecule has 0 N–H and O–H groups in total. The van der Waals surface area contributed by atoms with Gasteiger partial charge < -0.3 is 0 Å². The Morgan fingerprint density at radius 1 is 1.03 bits per heavy atom. The van der Waals surface area contributed by atoms with Gasteiger partial charge in [-0.3, -0.25) is 14.4 Å². The van der Waals surface area contributed by atoms with E-state index in [1.54, 1.807) is 13.8 Å². The summed E-state index contributed by atoms with van der Waals surface area (Å²) in [5.41, 5.74) is 6.97. The van der Waals surface area contributed by atoms with Crippen molar-refractivity contribution in [3.63, 3.8) is 0 Å². The van der Waals surface area contributed by atoms with Gasteiger partial charge in [0.1, 0.15) is 0 Å². The molecule has 0 bridgehead atoms. The molecule has 3 nitrogen and oxygen atoms in total. The van der Waals surface area contributed by atoms with Gasteiger partial charge in [0.15, 0.2) is 5.78 Å². The van der Waals surface area contributed by atoms with Crippen LogP contribution in [0.4, 0.5) is 0 Å². The average Bonchev–Trinajstić information content (AvgIpc) is 3.18. The van der Waals surface area contributed by atoms with Crippen molar-refractivity contribution in [2.45, 2.75) is 86.0 Å². The zero-order valence-electron chi connectivity index (χ0n) is 22.7. The first-order valence-electron chi connectivity index (χ1n) is 13.6. The lowest BCUT2D eigenvalue weighted by atomic mass is 9.67. The molecule has 2 aromatic rings. The van der Waals surface area contributed by atoms with E-state index in [0.717, 1.165) is 60.8 Å². The fourth-order valence-corrected chi connectivity index (χ4v) is 5.99. The molecule has 0 saturated heterocycles. The minimum absolute atomic E-state index is 0.0127. The summed E-state index contributed by atoms with van der Waals surface area (Å²) in [5, 5.41) is 0. The van der Waals surface area contributed by atoms with Crippen molar-refractivity contribution in [2.75, 3.05) is 0 Å². The normalized spacial score (nSPS) is 23.4. The van der Waals surface area contributed by atoms with E-state index in [2.05, 4.69) is 58.0 Å². The third-order valence-electron chi connectivity index (χ3n) is 8.43. The molecule has 1 unspecified atom stereocenters. The van der Waals surface area contributed by atoms with Gasteiger partial charge in [0.25, 0.3) is 0 Å². The molecule has 0 radical (unpaired) electrons. The predicted octanol–water partition coefficient (Wildman–Crippen LogP) is 7.47. The van der Waals surface area contributed by atoms with Gasteiger partial charge in [0.05, 0.1) is 0 Å². The van der Waals surface area contributed by atoms with Crippen molar-refractivity contribution < 1.29 is 14.4 Å². The Morgan fingerprint density at radius 3 is 2.25 bits per heavy atom. The van der Waals surface area contributed by atoms with Crippen LogP contribution in [0.15, 0.2) is 42.5 Å². The van der Waals surface area contributed by atoms with Gasteiger partial charge in [-0.05, 0) is 79.2 Å². The number of Topliss-reactive ketones (excluding diaryl/α,β-unsaturated/α-hetero) is 3. The Labute approximate surface area is 216 Å². The van der Waals surface area contributed by atoms with E-state index in [9.17, 15) is 14.4 Å². The smallest absolute Gasteiger partial charge is 0.229 e. The van der Waals surface area contributed by atoms with Crippen molar-refractivity contribution >= 4 is 22.9 Å². The zero-order chi connectivity index (χ0) is 26.2. The first kappa shape index (κ1) is 26.3. The largest absolute Gasteiger partial charge is 0.294 e. The Kier molecular flexibility index (Phi) is 7.50. The lowest BCUT2D eigenvalue weighted by molar-refractivity contribution is -0.135. The second-order valence-electron chi connectivity index (χ2n) is 11.8. The molecule has 3 heteroatoms. The van der Waals surface area contributed by atoms with E-state index in [0.29, 0.717) is 5.57 Å². The molecule has 36 heavy (non-hydrogen) atoms. The molecular weight excluding hydrogens is 444 g/mol. The maximum atomic E-state index is 13.8. The van der Waals surface area contributed by atoms with E-state index in [4.69, 9.17) is 0 Å². The van der Waals surface area contributed by atoms with Gasteiger partial charge >= 0.3 is 0 Å². The summed E-state index contributed by atoms with van der Waals surface area (Å²) < 4.78 is 0. The second-order valence-corrected chi connectivity index (χ2v) is 11.8. The lowest BCUT2D eigenvalue weighted by Crippen LogP contribution is -2.30. The number of carbonyl (C=O) groups is 3. The number of fused-ring (bicyclic) bond motifs is 1. The SMILES string of the molecule is CCc1cc2c(cc1C(=O)C1CCC(C)(Cc3ccc(C)cc3)CC1)C(C(=O)C(=O)C(C)C)=CC2C. The maximum Gasteiger partial charge on any atom is 0.229 e. The van der Waals surface area contributed by atoms with Crippen LogP contribution in [-0.2, 0) is 22.4 Å². The molecule has 1 saturated carbocycles. The van der Waals surface area contributed by atoms with Crippen LogP contribution in [0, 0.1) is 24.2 Å². The molecule has 0 aliphatic heterocycles. The predicted molar refractivity (Wildman–Crippen MR) is 146 cm³/mol. The molecule has 1 fully saturated rings. The number of hydrogen-bond donors (Lipinski definition) is 0. The van der Waals surface area contributed by atoms with Crippen LogP contribution < -0.4 is 0 Å². The monoisotopic (exact) mass is 484 g/mol. The van der Waals surface area contributed by atoms with E-state index in [1.165, 1.54) is 11.1 Å². The minimum Gasteiger partial charge on any atom is -0.294 e. The van der Waals surface area contributed by atoms with Gasteiger partial charge in [-0.25, -0.2) is 0 Å². The number of hydrogen-bond acceptors (Lipinski definition) is 3. The van der Waals surface area contributed by atoms with Crippen LogP contribution in [0.5, 0.6) is 0 Å². The van der Waals surface area contributed by atoms with Crippen LogP contribution in [0.3, 0.4) is 0 Å². The van der Waals surface area contributed by atoms with E-state index in [-0.39, 0.29) is 34.7 Å². The van der Waals surface area contributed by atoms with Gasteiger partial charge in [-0.2, -0.15) is 0 Å². The second kappa shape index (κ2) is 10.3. The highest BCUT2D eigenvalue weighted by molar-refractivity contribution is 6.54. The molecule has 190 valence electrons. The highest BCUT2D eigenvalue weighted by atomic mass is 16.2. The van der Waals surface area contributed by atoms with Gasteiger partial charge in [0.2, 0.25) is 11.6 Å². The molecule has 2 aliphatic rings. The van der Waals surface area contributed by atoms with Crippen molar-refractivity contribution in [1.82, 2.24) is 0 Å². The summed E-state index contributed by atoms with van der Waals surface area (Å²) in [5.74, 6) is -0.861. The molecule has 0 spiro atoms. The van der Waals surface area contributed by atoms with E-state index in [1.807, 2.05) is 12.1 Å². The molecule has 0 heterocycles. The summed E-state index contributed by atoms with van der Waals surface area (Å²) in [6, 6.07) is 12.8. The van der Waals surface area contributed by atoms with E-state index >= 15 is 0 Å². The highest BCUT2D eigenvalue weighted by Crippen LogP contribution is 2.44. The number of rotatable bonds is 8. The first-order valence-corrected chi connectivity index (χ1v) is 13.6. The summed E-state index contributed by atoms with van der Waals surface area (Å²) in [6.07, 6.45) is 7.58. The number of benzene rings is 2. The fourth-order valence-electron chi connectivity index (χ4n) is 5.99. The van der Waals surface area contributed by atoms with Gasteiger partial charge in [0, 0.05) is 28.9 Å². The third-order valence-corrected chi connectivity index (χ3v) is 8.43.